The van der Waals surface area contributed by atoms with Crippen LogP contribution < -0.4 is 24.3 Å². The van der Waals surface area contributed by atoms with Crippen LogP contribution in [0.25, 0.3) is 0 Å². The van der Waals surface area contributed by atoms with E-state index in [-0.39, 0.29) is 11.9 Å². The van der Waals surface area contributed by atoms with Gasteiger partial charge in [-0.05, 0) is 62.1 Å². The molecule has 1 amide bonds. The minimum Gasteiger partial charge on any atom is -0.493 e. The van der Waals surface area contributed by atoms with E-state index in [9.17, 15) is 4.79 Å². The van der Waals surface area contributed by atoms with Gasteiger partial charge in [0.1, 0.15) is 0 Å². The highest BCUT2D eigenvalue weighted by atomic mass is 16.5. The van der Waals surface area contributed by atoms with Crippen LogP contribution in [0, 0.1) is 0 Å². The van der Waals surface area contributed by atoms with Crippen LogP contribution in [-0.4, -0.2) is 33.3 Å². The fraction of sp³-hybridized carbons (Fsp3) is 0.458. The minimum atomic E-state index is -0.0865. The van der Waals surface area contributed by atoms with Crippen molar-refractivity contribution in [3.05, 3.63) is 47.5 Å². The third kappa shape index (κ3) is 6.31. The number of nitrogens with one attached hydrogen (secondary N) is 1. The molecule has 1 atom stereocenters. The first kappa shape index (κ1) is 23.4. The molecule has 1 N–H and O–H groups in total. The number of methoxy groups -OCH3 is 2. The highest BCUT2D eigenvalue weighted by Crippen LogP contribution is 2.31. The van der Waals surface area contributed by atoms with Gasteiger partial charge in [-0.25, -0.2) is 0 Å². The van der Waals surface area contributed by atoms with Crippen molar-refractivity contribution in [1.82, 2.24) is 5.32 Å². The largest absolute Gasteiger partial charge is 0.493 e. The molecule has 0 radical (unpaired) electrons. The molecule has 2 rings (SSSR count). The summed E-state index contributed by atoms with van der Waals surface area (Å²) in [5.41, 5.74) is 2.03. The molecule has 0 heterocycles. The van der Waals surface area contributed by atoms with Gasteiger partial charge in [0.2, 0.25) is 5.91 Å². The van der Waals surface area contributed by atoms with Crippen molar-refractivity contribution in [1.29, 1.82) is 0 Å². The molecule has 0 saturated carbocycles. The lowest BCUT2D eigenvalue weighted by Gasteiger charge is -2.19. The maximum atomic E-state index is 12.6. The number of benzene rings is 2. The number of amides is 1. The summed E-state index contributed by atoms with van der Waals surface area (Å²) >= 11 is 0. The summed E-state index contributed by atoms with van der Waals surface area (Å²) < 4.78 is 21.9. The number of hydrogen-bond acceptors (Lipinski definition) is 5. The molecule has 0 aliphatic carbocycles. The highest BCUT2D eigenvalue weighted by molar-refractivity contribution is 5.76. The van der Waals surface area contributed by atoms with Gasteiger partial charge in [-0.15, -0.1) is 0 Å². The average molecular weight is 416 g/mol. The smallest absolute Gasteiger partial charge is 0.220 e. The maximum Gasteiger partial charge on any atom is 0.220 e. The summed E-state index contributed by atoms with van der Waals surface area (Å²) in [7, 11) is 3.21. The number of ether oxygens (including phenoxy) is 4. The van der Waals surface area contributed by atoms with Gasteiger partial charge in [-0.1, -0.05) is 19.1 Å². The van der Waals surface area contributed by atoms with Crippen LogP contribution in [0.1, 0.15) is 50.8 Å². The van der Waals surface area contributed by atoms with Crippen molar-refractivity contribution in [3.8, 4) is 23.0 Å². The van der Waals surface area contributed by atoms with Crippen LogP contribution in [0.4, 0.5) is 0 Å². The zero-order valence-electron chi connectivity index (χ0n) is 18.6. The number of aryl methyl sites for hydroxylation is 1. The first-order valence-electron chi connectivity index (χ1n) is 10.5. The van der Waals surface area contributed by atoms with Gasteiger partial charge in [0.25, 0.3) is 0 Å². The SMILES string of the molecule is CCOc1ccc(CCC(=O)N[C@@H](CC)c2ccc(OC)c(OC)c2)cc1OCC. The molecule has 0 fully saturated rings. The molecule has 30 heavy (non-hydrogen) atoms. The number of carbonyl (C=O) groups excluding carboxylic acids is 1. The fourth-order valence-corrected chi connectivity index (χ4v) is 3.27. The molecule has 6 nitrogen and oxygen atoms in total. The Labute approximate surface area is 179 Å². The average Bonchev–Trinajstić information content (AvgIpc) is 2.77. The summed E-state index contributed by atoms with van der Waals surface area (Å²) in [5, 5.41) is 3.12. The normalized spacial score (nSPS) is 11.5. The van der Waals surface area contributed by atoms with Crippen LogP contribution in [0.15, 0.2) is 36.4 Å². The lowest BCUT2D eigenvalue weighted by Crippen LogP contribution is -2.28. The van der Waals surface area contributed by atoms with Crippen molar-refractivity contribution in [2.45, 2.75) is 46.1 Å². The van der Waals surface area contributed by atoms with E-state index in [0.29, 0.717) is 43.3 Å². The van der Waals surface area contributed by atoms with E-state index in [1.54, 1.807) is 14.2 Å². The molecule has 0 aliphatic rings. The van der Waals surface area contributed by atoms with Gasteiger partial charge in [0.15, 0.2) is 23.0 Å². The minimum absolute atomic E-state index is 0.00322. The Kier molecular flexibility index (Phi) is 9.32. The van der Waals surface area contributed by atoms with Gasteiger partial charge in [0, 0.05) is 6.42 Å². The van der Waals surface area contributed by atoms with Crippen molar-refractivity contribution >= 4 is 5.91 Å². The molecular formula is C24H33NO5. The summed E-state index contributed by atoms with van der Waals surface area (Å²) in [6.07, 6.45) is 1.79. The van der Waals surface area contributed by atoms with Crippen LogP contribution in [0.2, 0.25) is 0 Å². The molecule has 0 bridgehead atoms. The summed E-state index contributed by atoms with van der Waals surface area (Å²) in [6, 6.07) is 11.5. The molecular weight excluding hydrogens is 382 g/mol. The van der Waals surface area contributed by atoms with E-state index in [1.165, 1.54) is 0 Å². The Morgan fingerprint density at radius 1 is 0.867 bits per heavy atom. The van der Waals surface area contributed by atoms with Gasteiger partial charge < -0.3 is 24.3 Å². The number of rotatable bonds is 12. The Balaban J connectivity index is 2.01. The van der Waals surface area contributed by atoms with E-state index in [0.717, 1.165) is 23.3 Å². The standard InChI is InChI=1S/C24H33NO5/c1-6-19(18-11-13-20(27-4)22(16-18)28-5)25-24(26)14-10-17-9-12-21(29-7-2)23(15-17)30-8-3/h9,11-13,15-16,19H,6-8,10,14H2,1-5H3,(H,25,26)/t19-/m0/s1. The lowest BCUT2D eigenvalue weighted by atomic mass is 10.0. The van der Waals surface area contributed by atoms with E-state index in [2.05, 4.69) is 5.32 Å². The van der Waals surface area contributed by atoms with Crippen molar-refractivity contribution in [2.75, 3.05) is 27.4 Å². The Hall–Kier alpha value is -2.89. The summed E-state index contributed by atoms with van der Waals surface area (Å²) in [4.78, 5) is 12.6. The Morgan fingerprint density at radius 2 is 1.53 bits per heavy atom. The topological polar surface area (TPSA) is 66.0 Å². The first-order valence-corrected chi connectivity index (χ1v) is 10.5. The molecule has 0 saturated heterocycles. The molecule has 0 spiro atoms. The molecule has 164 valence electrons. The van der Waals surface area contributed by atoms with Crippen molar-refractivity contribution in [2.24, 2.45) is 0 Å². The van der Waals surface area contributed by atoms with Crippen LogP contribution in [-0.2, 0) is 11.2 Å². The number of hydrogen-bond donors (Lipinski definition) is 1. The monoisotopic (exact) mass is 415 g/mol. The van der Waals surface area contributed by atoms with E-state index in [1.807, 2.05) is 57.2 Å². The second-order valence-corrected chi connectivity index (χ2v) is 6.79. The third-order valence-electron chi connectivity index (χ3n) is 4.80. The van der Waals surface area contributed by atoms with E-state index in [4.69, 9.17) is 18.9 Å². The van der Waals surface area contributed by atoms with Gasteiger partial charge >= 0.3 is 0 Å². The van der Waals surface area contributed by atoms with Gasteiger partial charge in [0.05, 0.1) is 33.5 Å². The first-order chi connectivity index (χ1) is 14.6. The molecule has 0 unspecified atom stereocenters. The summed E-state index contributed by atoms with van der Waals surface area (Å²) in [6.45, 7) is 7.07. The molecule has 0 aliphatic heterocycles. The maximum absolute atomic E-state index is 12.6. The van der Waals surface area contributed by atoms with E-state index >= 15 is 0 Å². The van der Waals surface area contributed by atoms with Crippen LogP contribution in [0.3, 0.4) is 0 Å². The van der Waals surface area contributed by atoms with Crippen molar-refractivity contribution in [3.63, 3.8) is 0 Å². The van der Waals surface area contributed by atoms with Gasteiger partial charge in [-0.2, -0.15) is 0 Å². The second-order valence-electron chi connectivity index (χ2n) is 6.79. The lowest BCUT2D eigenvalue weighted by molar-refractivity contribution is -0.121. The molecule has 2 aromatic carbocycles. The Morgan fingerprint density at radius 3 is 2.17 bits per heavy atom. The molecule has 0 aromatic heterocycles. The van der Waals surface area contributed by atoms with Crippen LogP contribution in [0.5, 0.6) is 23.0 Å². The van der Waals surface area contributed by atoms with Crippen molar-refractivity contribution < 1.29 is 23.7 Å². The third-order valence-corrected chi connectivity index (χ3v) is 4.80. The predicted molar refractivity (Wildman–Crippen MR) is 118 cm³/mol. The predicted octanol–water partition coefficient (Wildman–Crippen LogP) is 4.70. The molecule has 2 aromatic rings. The zero-order valence-corrected chi connectivity index (χ0v) is 18.6. The second kappa shape index (κ2) is 12.0. The zero-order chi connectivity index (χ0) is 21.9. The quantitative estimate of drug-likeness (QED) is 0.544. The highest BCUT2D eigenvalue weighted by Gasteiger charge is 2.16. The number of carbonyl (C=O) groups is 1. The van der Waals surface area contributed by atoms with Gasteiger partial charge in [-0.3, -0.25) is 4.79 Å². The van der Waals surface area contributed by atoms with E-state index < -0.39 is 0 Å². The summed E-state index contributed by atoms with van der Waals surface area (Å²) in [5.74, 6) is 2.77. The fourth-order valence-electron chi connectivity index (χ4n) is 3.27. The van der Waals surface area contributed by atoms with Crippen LogP contribution >= 0.6 is 0 Å². The molecule has 6 heteroatoms. The Bertz CT molecular complexity index is 821.